The second kappa shape index (κ2) is 7.21. The molecule has 0 radical (unpaired) electrons. The summed E-state index contributed by atoms with van der Waals surface area (Å²) in [6.45, 7) is 2.16. The van der Waals surface area contributed by atoms with E-state index in [1.807, 2.05) is 28.6 Å². The Hall–Kier alpha value is -2.71. The van der Waals surface area contributed by atoms with Gasteiger partial charge >= 0.3 is 0 Å². The SMILES string of the molecule is COc1cccnc1C1(O)CC2CC(C)C(C1)N2C(=O)c1csc(-c2cn[nH]c2)c1. The number of aromatic nitrogens is 3. The van der Waals surface area contributed by atoms with Gasteiger partial charge in [-0.25, -0.2) is 0 Å². The molecular weight excluding hydrogens is 400 g/mol. The molecule has 5 rings (SSSR count). The number of aromatic amines is 1. The summed E-state index contributed by atoms with van der Waals surface area (Å²) in [5, 5.41) is 20.3. The van der Waals surface area contributed by atoms with Gasteiger partial charge in [0.1, 0.15) is 17.0 Å². The Kier molecular flexibility index (Phi) is 4.63. The molecule has 0 aromatic carbocycles. The van der Waals surface area contributed by atoms with E-state index in [1.54, 1.807) is 36.9 Å². The number of hydrogen-bond acceptors (Lipinski definition) is 6. The van der Waals surface area contributed by atoms with Gasteiger partial charge in [0.05, 0.1) is 18.9 Å². The Bertz CT molecular complexity index is 1070. The third-order valence-electron chi connectivity index (χ3n) is 6.47. The molecule has 0 aliphatic carbocycles. The van der Waals surface area contributed by atoms with Gasteiger partial charge in [0.2, 0.25) is 0 Å². The van der Waals surface area contributed by atoms with E-state index >= 15 is 0 Å². The number of carbonyl (C=O) groups excluding carboxylic acids is 1. The van der Waals surface area contributed by atoms with Crippen molar-refractivity contribution in [3.8, 4) is 16.2 Å². The Morgan fingerprint density at radius 2 is 2.30 bits per heavy atom. The summed E-state index contributed by atoms with van der Waals surface area (Å²) in [6.07, 6.45) is 7.07. The number of thiophene rings is 1. The van der Waals surface area contributed by atoms with Crippen LogP contribution in [0.4, 0.5) is 0 Å². The second-order valence-corrected chi connectivity index (χ2v) is 9.24. The van der Waals surface area contributed by atoms with E-state index in [1.165, 1.54) is 0 Å². The number of H-pyrrole nitrogens is 1. The quantitative estimate of drug-likeness (QED) is 0.669. The van der Waals surface area contributed by atoms with Gasteiger partial charge in [-0.2, -0.15) is 5.10 Å². The smallest absolute Gasteiger partial charge is 0.255 e. The van der Waals surface area contributed by atoms with Crippen molar-refractivity contribution < 1.29 is 14.6 Å². The maximum atomic E-state index is 13.4. The fraction of sp³-hybridized carbons (Fsp3) is 0.409. The van der Waals surface area contributed by atoms with Crippen molar-refractivity contribution in [3.05, 3.63) is 53.4 Å². The van der Waals surface area contributed by atoms with Crippen LogP contribution in [0.5, 0.6) is 5.75 Å². The first kappa shape index (κ1) is 19.3. The zero-order chi connectivity index (χ0) is 20.9. The van der Waals surface area contributed by atoms with Crippen LogP contribution in [0.25, 0.3) is 10.4 Å². The molecule has 2 N–H and O–H groups in total. The number of carbonyl (C=O) groups is 1. The Labute approximate surface area is 178 Å². The van der Waals surface area contributed by atoms with Crippen molar-refractivity contribution in [2.24, 2.45) is 5.92 Å². The molecule has 2 bridgehead atoms. The van der Waals surface area contributed by atoms with Gasteiger partial charge in [-0.3, -0.25) is 14.9 Å². The molecule has 8 heteroatoms. The summed E-state index contributed by atoms with van der Waals surface area (Å²) in [4.78, 5) is 20.9. The van der Waals surface area contributed by atoms with Gasteiger partial charge in [0.15, 0.2) is 0 Å². The topological polar surface area (TPSA) is 91.3 Å². The van der Waals surface area contributed by atoms with Crippen LogP contribution in [0.2, 0.25) is 0 Å². The van der Waals surface area contributed by atoms with Crippen LogP contribution in [0.15, 0.2) is 42.2 Å². The summed E-state index contributed by atoms with van der Waals surface area (Å²) in [7, 11) is 1.59. The van der Waals surface area contributed by atoms with Crippen LogP contribution in [0.1, 0.15) is 42.2 Å². The fourth-order valence-electron chi connectivity index (χ4n) is 5.09. The van der Waals surface area contributed by atoms with Crippen LogP contribution < -0.4 is 4.74 Å². The van der Waals surface area contributed by atoms with Crippen molar-refractivity contribution in [1.29, 1.82) is 0 Å². The van der Waals surface area contributed by atoms with Gasteiger partial charge in [0.25, 0.3) is 5.91 Å². The highest BCUT2D eigenvalue weighted by atomic mass is 32.1. The maximum absolute atomic E-state index is 13.4. The van der Waals surface area contributed by atoms with E-state index in [9.17, 15) is 9.90 Å². The summed E-state index contributed by atoms with van der Waals surface area (Å²) >= 11 is 1.54. The van der Waals surface area contributed by atoms with E-state index in [4.69, 9.17) is 4.74 Å². The minimum Gasteiger partial charge on any atom is -0.495 e. The number of hydrogen-bond donors (Lipinski definition) is 2. The molecular formula is C22H24N4O3S. The van der Waals surface area contributed by atoms with Crippen LogP contribution >= 0.6 is 11.3 Å². The number of pyridine rings is 1. The van der Waals surface area contributed by atoms with Crippen molar-refractivity contribution >= 4 is 17.2 Å². The van der Waals surface area contributed by atoms with E-state index in [0.29, 0.717) is 35.8 Å². The average molecular weight is 425 g/mol. The highest BCUT2D eigenvalue weighted by Gasteiger charge is 2.54. The van der Waals surface area contributed by atoms with Crippen LogP contribution in [0, 0.1) is 5.92 Å². The third kappa shape index (κ3) is 3.02. The lowest BCUT2D eigenvalue weighted by Gasteiger charge is -2.44. The predicted octanol–water partition coefficient (Wildman–Crippen LogP) is 3.44. The number of ether oxygens (including phenoxy) is 1. The van der Waals surface area contributed by atoms with Crippen molar-refractivity contribution in [2.45, 2.75) is 43.9 Å². The first-order chi connectivity index (χ1) is 14.5. The molecule has 2 saturated heterocycles. The molecule has 156 valence electrons. The zero-order valence-corrected chi connectivity index (χ0v) is 17.7. The number of aliphatic hydroxyl groups is 1. The highest BCUT2D eigenvalue weighted by molar-refractivity contribution is 7.13. The number of methoxy groups -OCH3 is 1. The number of nitrogens with one attached hydrogen (secondary N) is 1. The minimum atomic E-state index is -1.10. The highest BCUT2D eigenvalue weighted by Crippen LogP contribution is 2.49. The zero-order valence-electron chi connectivity index (χ0n) is 16.9. The number of fused-ring (bicyclic) bond motifs is 2. The molecule has 2 fully saturated rings. The Balaban J connectivity index is 1.43. The van der Waals surface area contributed by atoms with E-state index in [0.717, 1.165) is 16.9 Å². The standard InChI is InChI=1S/C22H24N4O3S/c1-13-6-16-8-22(28,20-18(29-2)4-3-5-23-20)9-17(13)26(16)21(27)14-7-19(30-12-14)15-10-24-25-11-15/h3-5,7,10-13,16-17,28H,6,8-9H2,1-2H3,(H,24,25). The first-order valence-electron chi connectivity index (χ1n) is 10.1. The van der Waals surface area contributed by atoms with Crippen LogP contribution in [-0.4, -0.2) is 50.3 Å². The summed E-state index contributed by atoms with van der Waals surface area (Å²) in [5.41, 5.74) is 1.15. The fourth-order valence-corrected chi connectivity index (χ4v) is 5.96. The van der Waals surface area contributed by atoms with E-state index < -0.39 is 5.60 Å². The minimum absolute atomic E-state index is 0.0276. The summed E-state index contributed by atoms with van der Waals surface area (Å²) in [6, 6.07) is 5.50. The van der Waals surface area contributed by atoms with Crippen LogP contribution in [0.3, 0.4) is 0 Å². The molecule has 7 nitrogen and oxygen atoms in total. The molecule has 5 heterocycles. The van der Waals surface area contributed by atoms with E-state index in [-0.39, 0.29) is 18.0 Å². The molecule has 2 aliphatic rings. The van der Waals surface area contributed by atoms with Crippen molar-refractivity contribution in [1.82, 2.24) is 20.1 Å². The Morgan fingerprint density at radius 1 is 1.43 bits per heavy atom. The van der Waals surface area contributed by atoms with Gasteiger partial charge in [-0.05, 0) is 30.5 Å². The number of rotatable bonds is 4. The predicted molar refractivity (Wildman–Crippen MR) is 113 cm³/mol. The lowest BCUT2D eigenvalue weighted by atomic mass is 9.81. The molecule has 0 spiro atoms. The van der Waals surface area contributed by atoms with Gasteiger partial charge in [-0.15, -0.1) is 11.3 Å². The van der Waals surface area contributed by atoms with E-state index in [2.05, 4.69) is 22.1 Å². The lowest BCUT2D eigenvalue weighted by Crippen LogP contribution is -2.53. The van der Waals surface area contributed by atoms with Gasteiger partial charge < -0.3 is 14.7 Å². The molecule has 0 saturated carbocycles. The molecule has 30 heavy (non-hydrogen) atoms. The molecule has 4 unspecified atom stereocenters. The van der Waals surface area contributed by atoms with Gasteiger partial charge in [0, 0.05) is 53.1 Å². The molecule has 2 aliphatic heterocycles. The first-order valence-corrected chi connectivity index (χ1v) is 11.0. The molecule has 3 aromatic rings. The monoisotopic (exact) mass is 424 g/mol. The second-order valence-electron chi connectivity index (χ2n) is 8.33. The summed E-state index contributed by atoms with van der Waals surface area (Å²) < 4.78 is 5.45. The molecule has 4 atom stereocenters. The number of nitrogens with zero attached hydrogens (tertiary/aromatic N) is 3. The molecule has 1 amide bonds. The third-order valence-corrected chi connectivity index (χ3v) is 7.45. The number of piperidine rings is 1. The summed E-state index contributed by atoms with van der Waals surface area (Å²) in [5.74, 6) is 0.944. The maximum Gasteiger partial charge on any atom is 0.255 e. The average Bonchev–Trinajstić information content (AvgIpc) is 3.48. The lowest BCUT2D eigenvalue weighted by molar-refractivity contribution is -0.0547. The van der Waals surface area contributed by atoms with Crippen molar-refractivity contribution in [2.75, 3.05) is 7.11 Å². The normalized spacial score (nSPS) is 28.0. The Morgan fingerprint density at radius 3 is 3.03 bits per heavy atom. The van der Waals surface area contributed by atoms with Gasteiger partial charge in [-0.1, -0.05) is 6.92 Å². The van der Waals surface area contributed by atoms with Crippen LogP contribution in [-0.2, 0) is 5.60 Å². The number of amides is 1. The molecule has 3 aromatic heterocycles. The van der Waals surface area contributed by atoms with Crippen molar-refractivity contribution in [3.63, 3.8) is 0 Å². The largest absolute Gasteiger partial charge is 0.495 e.